The van der Waals surface area contributed by atoms with Gasteiger partial charge in [-0.05, 0) is 61.9 Å². The summed E-state index contributed by atoms with van der Waals surface area (Å²) in [6, 6.07) is 12.7. The van der Waals surface area contributed by atoms with Crippen LogP contribution >= 0.6 is 31.9 Å². The van der Waals surface area contributed by atoms with Gasteiger partial charge >= 0.3 is 0 Å². The van der Waals surface area contributed by atoms with Gasteiger partial charge in [0.2, 0.25) is 17.7 Å². The molecule has 8 heteroatoms. The van der Waals surface area contributed by atoms with E-state index in [9.17, 15) is 14.4 Å². The van der Waals surface area contributed by atoms with Crippen molar-refractivity contribution in [2.45, 2.75) is 24.4 Å². The van der Waals surface area contributed by atoms with Crippen LogP contribution in [0.4, 0.5) is 11.4 Å². The molecular weight excluding hydrogens is 514 g/mol. The summed E-state index contributed by atoms with van der Waals surface area (Å²) in [6.45, 7) is 0.704. The molecule has 4 aliphatic rings. The van der Waals surface area contributed by atoms with Gasteiger partial charge in [-0.25, -0.2) is 4.90 Å². The molecular formula is C22H17Br2N3O3. The van der Waals surface area contributed by atoms with E-state index in [4.69, 9.17) is 0 Å². The monoisotopic (exact) mass is 529 g/mol. The molecule has 4 heterocycles. The average Bonchev–Trinajstić information content (AvgIpc) is 3.42. The molecule has 4 atom stereocenters. The fourth-order valence-corrected chi connectivity index (χ4v) is 6.65. The van der Waals surface area contributed by atoms with E-state index in [1.165, 1.54) is 4.90 Å². The Balaban J connectivity index is 1.56. The minimum atomic E-state index is -1.14. The number of hydrogen-bond donors (Lipinski definition) is 1. The number of carbonyl (C=O) groups excluding carboxylic acids is 3. The predicted molar refractivity (Wildman–Crippen MR) is 118 cm³/mol. The Morgan fingerprint density at radius 2 is 1.70 bits per heavy atom. The standard InChI is InChI=1S/C22H17Br2N3O3/c23-11-3-6-13(7-4-11)27-19(28)17-16-2-1-9-26(16)22(18(17)20(27)29)14-10-12(24)5-8-15(14)25-21(22)30/h3-8,10,16-18H,1-2,9H2,(H,25,30)/t16-,17+,18-,22+/m0/s1. The summed E-state index contributed by atoms with van der Waals surface area (Å²) in [5, 5.41) is 2.99. The van der Waals surface area contributed by atoms with E-state index in [0.29, 0.717) is 12.2 Å². The van der Waals surface area contributed by atoms with Crippen LogP contribution in [0.5, 0.6) is 0 Å². The molecule has 6 rings (SSSR count). The number of halogens is 2. The van der Waals surface area contributed by atoms with Gasteiger partial charge in [-0.2, -0.15) is 0 Å². The van der Waals surface area contributed by atoms with E-state index in [1.54, 1.807) is 12.1 Å². The van der Waals surface area contributed by atoms with Gasteiger partial charge in [-0.3, -0.25) is 19.3 Å². The first kappa shape index (κ1) is 18.7. The Morgan fingerprint density at radius 3 is 2.47 bits per heavy atom. The Kier molecular flexibility index (Phi) is 3.90. The van der Waals surface area contributed by atoms with E-state index in [1.807, 2.05) is 30.3 Å². The third kappa shape index (κ3) is 2.14. The molecule has 0 aliphatic carbocycles. The number of amides is 3. The van der Waals surface area contributed by atoms with Crippen LogP contribution < -0.4 is 10.2 Å². The molecule has 6 nitrogen and oxygen atoms in total. The number of rotatable bonds is 1. The van der Waals surface area contributed by atoms with Crippen molar-refractivity contribution in [2.24, 2.45) is 11.8 Å². The lowest BCUT2D eigenvalue weighted by Gasteiger charge is -2.36. The smallest absolute Gasteiger partial charge is 0.250 e. The number of carbonyl (C=O) groups is 3. The van der Waals surface area contributed by atoms with Gasteiger partial charge in [0.25, 0.3) is 0 Å². The number of anilines is 2. The molecule has 0 radical (unpaired) electrons. The van der Waals surface area contributed by atoms with Crippen molar-refractivity contribution in [1.82, 2.24) is 4.90 Å². The van der Waals surface area contributed by atoms with Crippen molar-refractivity contribution in [1.29, 1.82) is 0 Å². The Labute approximate surface area is 189 Å². The Morgan fingerprint density at radius 1 is 0.967 bits per heavy atom. The number of nitrogens with zero attached hydrogens (tertiary/aromatic N) is 2. The summed E-state index contributed by atoms with van der Waals surface area (Å²) >= 11 is 6.92. The number of benzene rings is 2. The lowest BCUT2D eigenvalue weighted by Crippen LogP contribution is -2.54. The Bertz CT molecular complexity index is 1130. The minimum absolute atomic E-state index is 0.109. The maximum Gasteiger partial charge on any atom is 0.250 e. The summed E-state index contributed by atoms with van der Waals surface area (Å²) < 4.78 is 1.72. The molecule has 2 aromatic carbocycles. The van der Waals surface area contributed by atoms with Gasteiger partial charge in [-0.1, -0.05) is 31.9 Å². The van der Waals surface area contributed by atoms with Gasteiger partial charge < -0.3 is 5.32 Å². The molecule has 3 amide bonds. The summed E-state index contributed by atoms with van der Waals surface area (Å²) in [6.07, 6.45) is 1.72. The number of hydrogen-bond acceptors (Lipinski definition) is 4. The fourth-order valence-electron chi connectivity index (χ4n) is 6.02. The van der Waals surface area contributed by atoms with Crippen LogP contribution in [0.25, 0.3) is 0 Å². The second-order valence-electron chi connectivity index (χ2n) is 8.31. The summed E-state index contributed by atoms with van der Waals surface area (Å²) in [5.41, 5.74) is 0.925. The maximum atomic E-state index is 13.8. The maximum absolute atomic E-state index is 13.8. The molecule has 0 saturated carbocycles. The lowest BCUT2D eigenvalue weighted by atomic mass is 9.75. The van der Waals surface area contributed by atoms with E-state index >= 15 is 0 Å². The van der Waals surface area contributed by atoms with Crippen molar-refractivity contribution >= 4 is 61.0 Å². The zero-order valence-corrected chi connectivity index (χ0v) is 18.9. The van der Waals surface area contributed by atoms with E-state index < -0.39 is 17.4 Å². The number of fused-ring (bicyclic) bond motifs is 7. The molecule has 1 N–H and O–H groups in total. The summed E-state index contributed by atoms with van der Waals surface area (Å²) in [5.74, 6) is -1.93. The molecule has 1 spiro atoms. The third-order valence-electron chi connectivity index (χ3n) is 7.04. The van der Waals surface area contributed by atoms with Gasteiger partial charge in [-0.15, -0.1) is 0 Å². The van der Waals surface area contributed by atoms with Crippen molar-refractivity contribution in [3.8, 4) is 0 Å². The SMILES string of the molecule is O=C1[C@H]2[C@@H](C(=O)N1c1ccc(Br)cc1)[C@]1(C(=O)Nc3ccc(Br)cc31)N1CCC[C@@H]21. The second kappa shape index (κ2) is 6.24. The van der Waals surface area contributed by atoms with Crippen LogP contribution in [0.2, 0.25) is 0 Å². The van der Waals surface area contributed by atoms with Crippen molar-refractivity contribution in [3.63, 3.8) is 0 Å². The molecule has 3 fully saturated rings. The van der Waals surface area contributed by atoms with Gasteiger partial charge in [0.1, 0.15) is 5.54 Å². The second-order valence-corrected chi connectivity index (χ2v) is 10.1. The number of imide groups is 1. The quantitative estimate of drug-likeness (QED) is 0.571. The highest BCUT2D eigenvalue weighted by Crippen LogP contribution is 2.60. The summed E-state index contributed by atoms with van der Waals surface area (Å²) in [7, 11) is 0. The highest BCUT2D eigenvalue weighted by Gasteiger charge is 2.74. The van der Waals surface area contributed by atoms with Crippen LogP contribution in [-0.2, 0) is 19.9 Å². The molecule has 4 aliphatic heterocycles. The zero-order valence-electron chi connectivity index (χ0n) is 15.8. The van der Waals surface area contributed by atoms with Crippen LogP contribution in [0, 0.1) is 11.8 Å². The number of nitrogens with one attached hydrogen (secondary N) is 1. The molecule has 3 saturated heterocycles. The molecule has 0 aromatic heterocycles. The average molecular weight is 531 g/mol. The lowest BCUT2D eigenvalue weighted by molar-refractivity contribution is -0.135. The molecule has 0 bridgehead atoms. The molecule has 2 aromatic rings. The van der Waals surface area contributed by atoms with Crippen molar-refractivity contribution < 1.29 is 14.4 Å². The largest absolute Gasteiger partial charge is 0.324 e. The van der Waals surface area contributed by atoms with E-state index in [2.05, 4.69) is 42.1 Å². The molecule has 152 valence electrons. The van der Waals surface area contributed by atoms with Crippen molar-refractivity contribution in [2.75, 3.05) is 16.8 Å². The van der Waals surface area contributed by atoms with Gasteiger partial charge in [0.05, 0.1) is 17.5 Å². The third-order valence-corrected chi connectivity index (χ3v) is 8.06. The first-order valence-electron chi connectivity index (χ1n) is 9.96. The van der Waals surface area contributed by atoms with Gasteiger partial charge in [0.15, 0.2) is 0 Å². The summed E-state index contributed by atoms with van der Waals surface area (Å²) in [4.78, 5) is 44.3. The van der Waals surface area contributed by atoms with Gasteiger partial charge in [0, 0.05) is 26.2 Å². The molecule has 0 unspecified atom stereocenters. The highest BCUT2D eigenvalue weighted by atomic mass is 79.9. The normalized spacial score (nSPS) is 32.0. The first-order chi connectivity index (χ1) is 14.4. The van der Waals surface area contributed by atoms with E-state index in [-0.39, 0.29) is 23.8 Å². The van der Waals surface area contributed by atoms with Crippen LogP contribution in [0.3, 0.4) is 0 Å². The minimum Gasteiger partial charge on any atom is -0.324 e. The van der Waals surface area contributed by atoms with Crippen molar-refractivity contribution in [3.05, 3.63) is 57.0 Å². The Hall–Kier alpha value is -2.03. The predicted octanol–water partition coefficient (Wildman–Crippen LogP) is 3.64. The van der Waals surface area contributed by atoms with Crippen LogP contribution in [-0.4, -0.2) is 35.2 Å². The fraction of sp³-hybridized carbons (Fsp3) is 0.318. The van der Waals surface area contributed by atoms with Crippen LogP contribution in [0.15, 0.2) is 51.4 Å². The highest BCUT2D eigenvalue weighted by molar-refractivity contribution is 9.10. The van der Waals surface area contributed by atoms with Crippen LogP contribution in [0.1, 0.15) is 18.4 Å². The van der Waals surface area contributed by atoms with E-state index in [0.717, 1.165) is 33.0 Å². The topological polar surface area (TPSA) is 69.7 Å². The first-order valence-corrected chi connectivity index (χ1v) is 11.5. The zero-order chi connectivity index (χ0) is 20.8. The molecule has 30 heavy (non-hydrogen) atoms.